The molecule has 0 fully saturated rings. The predicted molar refractivity (Wildman–Crippen MR) is 95.9 cm³/mol. The van der Waals surface area contributed by atoms with Gasteiger partial charge in [0, 0.05) is 12.6 Å². The van der Waals surface area contributed by atoms with Gasteiger partial charge in [0.25, 0.3) is 5.56 Å². The first-order valence-corrected chi connectivity index (χ1v) is 8.17. The highest BCUT2D eigenvalue weighted by molar-refractivity contribution is 5.16. The van der Waals surface area contributed by atoms with E-state index in [2.05, 4.69) is 34.7 Å². The highest BCUT2D eigenvalue weighted by Gasteiger charge is 2.02. The summed E-state index contributed by atoms with van der Waals surface area (Å²) in [6, 6.07) is 23.7. The third-order valence-corrected chi connectivity index (χ3v) is 3.84. The van der Waals surface area contributed by atoms with Crippen LogP contribution in [0.3, 0.4) is 0 Å². The summed E-state index contributed by atoms with van der Waals surface area (Å²) >= 11 is 0. The minimum Gasteiger partial charge on any atom is -0.311 e. The summed E-state index contributed by atoms with van der Waals surface area (Å²) in [5.41, 5.74) is 3.18. The first kappa shape index (κ1) is 16.1. The number of nitrogens with zero attached hydrogens (tertiary/aromatic N) is 2. The van der Waals surface area contributed by atoms with Gasteiger partial charge in [-0.1, -0.05) is 60.7 Å². The van der Waals surface area contributed by atoms with Gasteiger partial charge in [-0.15, -0.1) is 0 Å². The number of benzene rings is 2. The SMILES string of the molecule is O=c1ccc(CNCCc2ccccc2)nn1Cc1ccccc1. The summed E-state index contributed by atoms with van der Waals surface area (Å²) in [5.74, 6) is 0. The first-order valence-electron chi connectivity index (χ1n) is 8.17. The summed E-state index contributed by atoms with van der Waals surface area (Å²) < 4.78 is 1.52. The van der Waals surface area contributed by atoms with Crippen LogP contribution in [0.25, 0.3) is 0 Å². The molecule has 24 heavy (non-hydrogen) atoms. The van der Waals surface area contributed by atoms with Crippen LogP contribution in [0, 0.1) is 0 Å². The minimum absolute atomic E-state index is 0.0770. The summed E-state index contributed by atoms with van der Waals surface area (Å²) in [7, 11) is 0. The van der Waals surface area contributed by atoms with E-state index in [1.165, 1.54) is 10.2 Å². The number of aromatic nitrogens is 2. The second-order valence-corrected chi connectivity index (χ2v) is 5.72. The molecule has 0 radical (unpaired) electrons. The van der Waals surface area contributed by atoms with Gasteiger partial charge in [0.2, 0.25) is 0 Å². The van der Waals surface area contributed by atoms with Crippen LogP contribution < -0.4 is 10.9 Å². The van der Waals surface area contributed by atoms with E-state index in [-0.39, 0.29) is 5.56 Å². The summed E-state index contributed by atoms with van der Waals surface area (Å²) in [5, 5.41) is 7.84. The summed E-state index contributed by atoms with van der Waals surface area (Å²) in [6.45, 7) is 2.03. The van der Waals surface area contributed by atoms with Crippen molar-refractivity contribution in [2.45, 2.75) is 19.5 Å². The Morgan fingerprint density at radius 2 is 1.50 bits per heavy atom. The molecule has 0 unspecified atom stereocenters. The van der Waals surface area contributed by atoms with E-state index in [4.69, 9.17) is 0 Å². The van der Waals surface area contributed by atoms with Gasteiger partial charge >= 0.3 is 0 Å². The molecule has 1 aromatic heterocycles. The van der Waals surface area contributed by atoms with E-state index in [0.29, 0.717) is 13.1 Å². The lowest BCUT2D eigenvalue weighted by atomic mass is 10.1. The van der Waals surface area contributed by atoms with Crippen molar-refractivity contribution in [3.05, 3.63) is 100.0 Å². The standard InChI is InChI=1S/C20H21N3O/c24-20-12-11-19(15-21-14-13-17-7-3-1-4-8-17)22-23(20)16-18-9-5-2-6-10-18/h1-12,21H,13-16H2. The molecule has 122 valence electrons. The van der Waals surface area contributed by atoms with E-state index < -0.39 is 0 Å². The van der Waals surface area contributed by atoms with Crippen molar-refractivity contribution in [3.8, 4) is 0 Å². The average Bonchev–Trinajstić information content (AvgIpc) is 2.63. The van der Waals surface area contributed by atoms with Crippen molar-refractivity contribution in [2.75, 3.05) is 6.54 Å². The second kappa shape index (κ2) is 8.22. The Bertz CT molecular complexity index is 813. The molecule has 0 saturated carbocycles. The normalized spacial score (nSPS) is 10.7. The zero-order chi connectivity index (χ0) is 16.6. The molecule has 0 aliphatic rings. The molecule has 0 bridgehead atoms. The second-order valence-electron chi connectivity index (χ2n) is 5.72. The van der Waals surface area contributed by atoms with Crippen molar-refractivity contribution in [3.63, 3.8) is 0 Å². The highest BCUT2D eigenvalue weighted by atomic mass is 16.1. The van der Waals surface area contributed by atoms with Gasteiger partial charge in [-0.05, 0) is 30.2 Å². The van der Waals surface area contributed by atoms with E-state index in [1.54, 1.807) is 12.1 Å². The van der Waals surface area contributed by atoms with E-state index >= 15 is 0 Å². The Labute approximate surface area is 141 Å². The molecule has 2 aromatic carbocycles. The molecule has 0 saturated heterocycles. The lowest BCUT2D eigenvalue weighted by molar-refractivity contribution is 0.592. The summed E-state index contributed by atoms with van der Waals surface area (Å²) in [6.07, 6.45) is 0.977. The molecule has 3 aromatic rings. The monoisotopic (exact) mass is 319 g/mol. The van der Waals surface area contributed by atoms with Crippen molar-refractivity contribution in [1.82, 2.24) is 15.1 Å². The van der Waals surface area contributed by atoms with Crippen LogP contribution in [0.1, 0.15) is 16.8 Å². The smallest absolute Gasteiger partial charge is 0.267 e. The fraction of sp³-hybridized carbons (Fsp3) is 0.200. The third kappa shape index (κ3) is 4.64. The molecule has 1 N–H and O–H groups in total. The Balaban J connectivity index is 1.56. The van der Waals surface area contributed by atoms with Gasteiger partial charge in [0.15, 0.2) is 0 Å². The number of hydrogen-bond donors (Lipinski definition) is 1. The van der Waals surface area contributed by atoms with Gasteiger partial charge in [0.05, 0.1) is 12.2 Å². The maximum atomic E-state index is 12.0. The number of rotatable bonds is 7. The lowest BCUT2D eigenvalue weighted by Crippen LogP contribution is -2.26. The molecular weight excluding hydrogens is 298 g/mol. The third-order valence-electron chi connectivity index (χ3n) is 3.84. The molecule has 0 aliphatic carbocycles. The van der Waals surface area contributed by atoms with Crippen molar-refractivity contribution in [2.24, 2.45) is 0 Å². The van der Waals surface area contributed by atoms with Crippen molar-refractivity contribution < 1.29 is 0 Å². The van der Waals surface area contributed by atoms with Crippen LogP contribution >= 0.6 is 0 Å². The highest BCUT2D eigenvalue weighted by Crippen LogP contribution is 2.01. The fourth-order valence-electron chi connectivity index (χ4n) is 2.55. The van der Waals surface area contributed by atoms with Crippen LogP contribution in [-0.2, 0) is 19.5 Å². The molecular formula is C20H21N3O. The van der Waals surface area contributed by atoms with Crippen molar-refractivity contribution >= 4 is 0 Å². The average molecular weight is 319 g/mol. The molecule has 4 nitrogen and oxygen atoms in total. The molecule has 1 heterocycles. The molecule has 0 spiro atoms. The Morgan fingerprint density at radius 1 is 0.833 bits per heavy atom. The van der Waals surface area contributed by atoms with Gasteiger partial charge in [-0.2, -0.15) is 5.10 Å². The van der Waals surface area contributed by atoms with E-state index in [0.717, 1.165) is 24.2 Å². The Morgan fingerprint density at radius 3 is 2.21 bits per heavy atom. The predicted octanol–water partition coefficient (Wildman–Crippen LogP) is 2.62. The quantitative estimate of drug-likeness (QED) is 0.681. The largest absolute Gasteiger partial charge is 0.311 e. The van der Waals surface area contributed by atoms with Gasteiger partial charge in [-0.25, -0.2) is 4.68 Å². The molecule has 0 atom stereocenters. The zero-order valence-corrected chi connectivity index (χ0v) is 13.6. The maximum absolute atomic E-state index is 12.0. The fourth-order valence-corrected chi connectivity index (χ4v) is 2.55. The van der Waals surface area contributed by atoms with E-state index in [9.17, 15) is 4.79 Å². The number of nitrogens with one attached hydrogen (secondary N) is 1. The molecule has 0 aliphatic heterocycles. The van der Waals surface area contributed by atoms with Crippen LogP contribution in [0.2, 0.25) is 0 Å². The van der Waals surface area contributed by atoms with Crippen LogP contribution in [0.4, 0.5) is 0 Å². The van der Waals surface area contributed by atoms with Gasteiger partial charge < -0.3 is 5.32 Å². The van der Waals surface area contributed by atoms with Crippen molar-refractivity contribution in [1.29, 1.82) is 0 Å². The van der Waals surface area contributed by atoms with Crippen LogP contribution in [0.15, 0.2) is 77.6 Å². The Kier molecular flexibility index (Phi) is 5.53. The topological polar surface area (TPSA) is 46.9 Å². The maximum Gasteiger partial charge on any atom is 0.267 e. The van der Waals surface area contributed by atoms with Crippen LogP contribution in [-0.4, -0.2) is 16.3 Å². The molecule has 3 rings (SSSR count). The summed E-state index contributed by atoms with van der Waals surface area (Å²) in [4.78, 5) is 12.0. The minimum atomic E-state index is -0.0770. The first-order chi connectivity index (χ1) is 11.8. The van der Waals surface area contributed by atoms with Crippen LogP contribution in [0.5, 0.6) is 0 Å². The lowest BCUT2D eigenvalue weighted by Gasteiger charge is -2.08. The van der Waals surface area contributed by atoms with Gasteiger partial charge in [-0.3, -0.25) is 4.79 Å². The Hall–Kier alpha value is -2.72. The zero-order valence-electron chi connectivity index (χ0n) is 13.6. The van der Waals surface area contributed by atoms with Gasteiger partial charge in [0.1, 0.15) is 0 Å². The number of hydrogen-bond acceptors (Lipinski definition) is 3. The van der Waals surface area contributed by atoms with E-state index in [1.807, 2.05) is 36.4 Å². The molecule has 4 heteroatoms. The molecule has 0 amide bonds.